The molecule has 0 saturated heterocycles. The van der Waals surface area contributed by atoms with Gasteiger partial charge in [0, 0.05) is 6.04 Å². The first-order chi connectivity index (χ1) is 10.7. The number of fused-ring (bicyclic) bond motifs is 1. The van der Waals surface area contributed by atoms with Gasteiger partial charge in [0.1, 0.15) is 5.52 Å². The van der Waals surface area contributed by atoms with Crippen molar-refractivity contribution < 1.29 is 4.42 Å². The molecule has 0 atom stereocenters. The Labute approximate surface area is 130 Å². The zero-order valence-corrected chi connectivity index (χ0v) is 12.5. The molecule has 1 saturated carbocycles. The average Bonchev–Trinajstić information content (AvgIpc) is 3.20. The smallest absolute Gasteiger partial charge is 0.282 e. The van der Waals surface area contributed by atoms with Crippen LogP contribution in [0.5, 0.6) is 0 Å². The molecule has 3 aromatic heterocycles. The fourth-order valence-electron chi connectivity index (χ4n) is 3.06. The van der Waals surface area contributed by atoms with Crippen LogP contribution in [0.2, 0.25) is 5.28 Å². The summed E-state index contributed by atoms with van der Waals surface area (Å²) in [6.45, 7) is 0. The van der Waals surface area contributed by atoms with Crippen LogP contribution < -0.4 is 5.56 Å². The molecule has 4 rings (SSSR count). The highest BCUT2D eigenvalue weighted by Crippen LogP contribution is 2.31. The lowest BCUT2D eigenvalue weighted by Crippen LogP contribution is -2.27. The number of aromatic nitrogens is 4. The standard InChI is InChI=1S/C15H13ClN4O2/c16-15-17-8-10-13(19-15)20(9-4-1-2-5-9)14(21)12(18-10)11-6-3-7-22-11/h3,6-9H,1-2,4-5H2. The van der Waals surface area contributed by atoms with Crippen molar-refractivity contribution in [2.75, 3.05) is 0 Å². The molecule has 0 aliphatic heterocycles. The van der Waals surface area contributed by atoms with Crippen LogP contribution in [0.3, 0.4) is 0 Å². The maximum Gasteiger partial charge on any atom is 0.282 e. The second kappa shape index (κ2) is 5.21. The van der Waals surface area contributed by atoms with Gasteiger partial charge in [-0.3, -0.25) is 9.36 Å². The van der Waals surface area contributed by atoms with E-state index in [-0.39, 0.29) is 22.6 Å². The Kier molecular flexibility index (Phi) is 3.18. The van der Waals surface area contributed by atoms with Gasteiger partial charge in [0.2, 0.25) is 5.28 Å². The minimum Gasteiger partial charge on any atom is -0.463 e. The van der Waals surface area contributed by atoms with E-state index in [1.54, 1.807) is 22.9 Å². The van der Waals surface area contributed by atoms with Crippen LogP contribution in [0, 0.1) is 0 Å². The zero-order chi connectivity index (χ0) is 15.1. The molecule has 1 aliphatic carbocycles. The molecule has 0 spiro atoms. The van der Waals surface area contributed by atoms with E-state index in [0.29, 0.717) is 16.9 Å². The fraction of sp³-hybridized carbons (Fsp3) is 0.333. The van der Waals surface area contributed by atoms with Crippen LogP contribution in [0.1, 0.15) is 31.7 Å². The molecular formula is C15H13ClN4O2. The van der Waals surface area contributed by atoms with Gasteiger partial charge in [-0.25, -0.2) is 9.97 Å². The van der Waals surface area contributed by atoms with E-state index in [1.165, 1.54) is 6.26 Å². The summed E-state index contributed by atoms with van der Waals surface area (Å²) in [7, 11) is 0. The highest BCUT2D eigenvalue weighted by Gasteiger charge is 2.24. The Morgan fingerprint density at radius 3 is 2.82 bits per heavy atom. The third-order valence-electron chi connectivity index (χ3n) is 4.05. The quantitative estimate of drug-likeness (QED) is 0.679. The summed E-state index contributed by atoms with van der Waals surface area (Å²) < 4.78 is 7.06. The van der Waals surface area contributed by atoms with Crippen molar-refractivity contribution in [3.8, 4) is 11.5 Å². The minimum absolute atomic E-state index is 0.117. The normalized spacial score (nSPS) is 15.7. The number of hydrogen-bond acceptors (Lipinski definition) is 5. The van der Waals surface area contributed by atoms with Gasteiger partial charge >= 0.3 is 0 Å². The monoisotopic (exact) mass is 316 g/mol. The predicted octanol–water partition coefficient (Wildman–Crippen LogP) is 3.22. The first-order valence-electron chi connectivity index (χ1n) is 7.23. The van der Waals surface area contributed by atoms with Gasteiger partial charge in [0.15, 0.2) is 17.1 Å². The summed E-state index contributed by atoms with van der Waals surface area (Å²) in [4.78, 5) is 25.5. The van der Waals surface area contributed by atoms with Gasteiger partial charge in [0.25, 0.3) is 5.56 Å². The summed E-state index contributed by atoms with van der Waals surface area (Å²) in [5.74, 6) is 0.452. The van der Waals surface area contributed by atoms with Crippen molar-refractivity contribution in [2.45, 2.75) is 31.7 Å². The number of rotatable bonds is 2. The molecule has 3 aromatic rings. The summed E-state index contributed by atoms with van der Waals surface area (Å²) in [5.41, 5.74) is 1.13. The maximum atomic E-state index is 12.9. The van der Waals surface area contributed by atoms with Crippen molar-refractivity contribution in [1.82, 2.24) is 19.5 Å². The highest BCUT2D eigenvalue weighted by molar-refractivity contribution is 6.28. The summed E-state index contributed by atoms with van der Waals surface area (Å²) in [6, 6.07) is 3.59. The highest BCUT2D eigenvalue weighted by atomic mass is 35.5. The average molecular weight is 317 g/mol. The molecule has 0 radical (unpaired) electrons. The number of hydrogen-bond donors (Lipinski definition) is 0. The van der Waals surface area contributed by atoms with E-state index in [9.17, 15) is 4.79 Å². The van der Waals surface area contributed by atoms with Crippen LogP contribution in [0.15, 0.2) is 33.8 Å². The minimum atomic E-state index is -0.191. The van der Waals surface area contributed by atoms with Crippen LogP contribution in [-0.4, -0.2) is 19.5 Å². The van der Waals surface area contributed by atoms with Gasteiger partial charge in [-0.2, -0.15) is 4.98 Å². The largest absolute Gasteiger partial charge is 0.463 e. The summed E-state index contributed by atoms with van der Waals surface area (Å²) >= 11 is 5.91. The van der Waals surface area contributed by atoms with Crippen molar-refractivity contribution in [3.63, 3.8) is 0 Å². The van der Waals surface area contributed by atoms with Gasteiger partial charge in [0.05, 0.1) is 12.5 Å². The molecule has 6 nitrogen and oxygen atoms in total. The molecule has 1 fully saturated rings. The third-order valence-corrected chi connectivity index (χ3v) is 4.23. The number of nitrogens with zero attached hydrogens (tertiary/aromatic N) is 4. The molecule has 0 N–H and O–H groups in total. The third kappa shape index (κ3) is 2.11. The zero-order valence-electron chi connectivity index (χ0n) is 11.7. The first kappa shape index (κ1) is 13.5. The molecule has 7 heteroatoms. The van der Waals surface area contributed by atoms with E-state index >= 15 is 0 Å². The molecule has 3 heterocycles. The fourth-order valence-corrected chi connectivity index (χ4v) is 3.18. The van der Waals surface area contributed by atoms with E-state index in [0.717, 1.165) is 25.7 Å². The topological polar surface area (TPSA) is 73.8 Å². The van der Waals surface area contributed by atoms with E-state index in [2.05, 4.69) is 15.0 Å². The lowest BCUT2D eigenvalue weighted by Gasteiger charge is -2.16. The van der Waals surface area contributed by atoms with E-state index < -0.39 is 0 Å². The molecule has 0 amide bonds. The molecule has 0 aromatic carbocycles. The number of furan rings is 1. The van der Waals surface area contributed by atoms with Crippen molar-refractivity contribution >= 4 is 22.8 Å². The maximum absolute atomic E-state index is 12.9. The molecule has 0 bridgehead atoms. The van der Waals surface area contributed by atoms with Crippen LogP contribution in [-0.2, 0) is 0 Å². The molecule has 22 heavy (non-hydrogen) atoms. The van der Waals surface area contributed by atoms with Crippen LogP contribution in [0.4, 0.5) is 0 Å². The van der Waals surface area contributed by atoms with Crippen molar-refractivity contribution in [3.05, 3.63) is 40.2 Å². The Morgan fingerprint density at radius 1 is 1.27 bits per heavy atom. The Morgan fingerprint density at radius 2 is 2.09 bits per heavy atom. The van der Waals surface area contributed by atoms with E-state index in [1.807, 2.05) is 0 Å². The lowest BCUT2D eigenvalue weighted by atomic mass is 10.2. The van der Waals surface area contributed by atoms with Gasteiger partial charge in [-0.05, 0) is 36.6 Å². The SMILES string of the molecule is O=c1c(-c2ccco2)nc2cnc(Cl)nc2n1C1CCCC1. The second-order valence-corrected chi connectivity index (χ2v) is 5.74. The summed E-state index contributed by atoms with van der Waals surface area (Å²) in [6.07, 6.45) is 7.20. The van der Waals surface area contributed by atoms with Crippen LogP contribution in [0.25, 0.3) is 22.6 Å². The van der Waals surface area contributed by atoms with Crippen molar-refractivity contribution in [2.24, 2.45) is 0 Å². The second-order valence-electron chi connectivity index (χ2n) is 5.40. The Balaban J connectivity index is 2.05. The number of halogens is 1. The van der Waals surface area contributed by atoms with Gasteiger partial charge < -0.3 is 4.42 Å². The van der Waals surface area contributed by atoms with Crippen LogP contribution >= 0.6 is 11.6 Å². The molecule has 112 valence electrons. The Bertz CT molecular complexity index is 882. The molecular weight excluding hydrogens is 304 g/mol. The molecule has 1 aliphatic rings. The van der Waals surface area contributed by atoms with Gasteiger partial charge in [-0.15, -0.1) is 0 Å². The molecule has 0 unspecified atom stereocenters. The van der Waals surface area contributed by atoms with Gasteiger partial charge in [-0.1, -0.05) is 12.8 Å². The van der Waals surface area contributed by atoms with Crippen molar-refractivity contribution in [1.29, 1.82) is 0 Å². The predicted molar refractivity (Wildman–Crippen MR) is 81.8 cm³/mol. The van der Waals surface area contributed by atoms with E-state index in [4.69, 9.17) is 16.0 Å². The first-order valence-corrected chi connectivity index (χ1v) is 7.60. The summed E-state index contributed by atoms with van der Waals surface area (Å²) in [5, 5.41) is 0.117. The lowest BCUT2D eigenvalue weighted by molar-refractivity contribution is 0.511. The Hall–Kier alpha value is -2.21.